The van der Waals surface area contributed by atoms with E-state index in [-0.39, 0.29) is 0 Å². The third-order valence-corrected chi connectivity index (χ3v) is 8.95. The lowest BCUT2D eigenvalue weighted by atomic mass is 10.2. The molecule has 0 fully saturated rings. The molecule has 0 aliphatic carbocycles. The number of aryl methyl sites for hydroxylation is 1. The average molecular weight is 445 g/mol. The summed E-state index contributed by atoms with van der Waals surface area (Å²) in [6, 6.07) is 13.6. The third-order valence-electron chi connectivity index (χ3n) is 3.82. The molecule has 0 bridgehead atoms. The number of hydrogen-bond acceptors (Lipinski definition) is 5. The third kappa shape index (κ3) is 7.40. The van der Waals surface area contributed by atoms with E-state index in [9.17, 15) is 4.57 Å². The van der Waals surface area contributed by atoms with Crippen LogP contribution in [0.3, 0.4) is 0 Å². The number of halogens is 1. The van der Waals surface area contributed by atoms with E-state index in [1.54, 1.807) is 11.8 Å². The molecule has 148 valence electrons. The van der Waals surface area contributed by atoms with Crippen molar-refractivity contribution in [2.45, 2.75) is 43.4 Å². The molecule has 0 aromatic heterocycles. The van der Waals surface area contributed by atoms with E-state index in [1.807, 2.05) is 42.5 Å². The molecule has 0 spiro atoms. The molecular formula is C20H26ClO3PS2. The summed E-state index contributed by atoms with van der Waals surface area (Å²) in [5.41, 5.74) is 1.13. The molecule has 0 N–H and O–H groups in total. The van der Waals surface area contributed by atoms with Gasteiger partial charge in [0.15, 0.2) is 0 Å². The summed E-state index contributed by atoms with van der Waals surface area (Å²) in [4.78, 5) is 2.21. The van der Waals surface area contributed by atoms with Crippen molar-refractivity contribution in [3.63, 3.8) is 0 Å². The Hall–Kier alpha value is -0.580. The van der Waals surface area contributed by atoms with Crippen LogP contribution < -0.4 is 4.52 Å². The van der Waals surface area contributed by atoms with Crippen molar-refractivity contribution in [2.75, 3.05) is 12.9 Å². The molecule has 0 radical (unpaired) electrons. The predicted octanol–water partition coefficient (Wildman–Crippen LogP) is 7.97. The van der Waals surface area contributed by atoms with E-state index >= 15 is 0 Å². The van der Waals surface area contributed by atoms with Crippen molar-refractivity contribution < 1.29 is 13.6 Å². The summed E-state index contributed by atoms with van der Waals surface area (Å²) < 4.78 is 23.8. The van der Waals surface area contributed by atoms with Crippen molar-refractivity contribution in [1.82, 2.24) is 0 Å². The zero-order chi connectivity index (χ0) is 19.9. The summed E-state index contributed by atoms with van der Waals surface area (Å²) in [5.74, 6) is 1.87. The fraction of sp³-hybridized carbons (Fsp3) is 0.400. The molecule has 3 nitrogen and oxygen atoms in total. The molecule has 0 saturated heterocycles. The van der Waals surface area contributed by atoms with E-state index in [2.05, 4.69) is 20.8 Å². The van der Waals surface area contributed by atoms with Gasteiger partial charge in [0, 0.05) is 27.7 Å². The summed E-state index contributed by atoms with van der Waals surface area (Å²) in [5, 5.41) is 0.720. The topological polar surface area (TPSA) is 35.5 Å². The van der Waals surface area contributed by atoms with Gasteiger partial charge in [-0.3, -0.25) is 4.52 Å². The maximum absolute atomic E-state index is 12.8. The highest BCUT2D eigenvalue weighted by Crippen LogP contribution is 2.60. The van der Waals surface area contributed by atoms with Crippen molar-refractivity contribution in [2.24, 2.45) is 5.92 Å². The summed E-state index contributed by atoms with van der Waals surface area (Å²) in [6.45, 7) is 3.17. The highest BCUT2D eigenvalue weighted by Gasteiger charge is 2.26. The minimum atomic E-state index is -3.20. The first-order valence-electron chi connectivity index (χ1n) is 8.91. The van der Waals surface area contributed by atoms with Gasteiger partial charge in [-0.05, 0) is 72.1 Å². The van der Waals surface area contributed by atoms with Crippen LogP contribution in [-0.2, 0) is 15.5 Å². The van der Waals surface area contributed by atoms with Gasteiger partial charge in [-0.15, -0.1) is 0 Å². The fourth-order valence-electron chi connectivity index (χ4n) is 2.29. The molecule has 1 atom stereocenters. The predicted molar refractivity (Wildman–Crippen MR) is 119 cm³/mol. The summed E-state index contributed by atoms with van der Waals surface area (Å²) in [6.07, 6.45) is 1.81. The molecule has 2 aromatic rings. The monoisotopic (exact) mass is 444 g/mol. The Morgan fingerprint density at radius 1 is 1.19 bits per heavy atom. The zero-order valence-corrected chi connectivity index (χ0v) is 19.4. The van der Waals surface area contributed by atoms with Crippen LogP contribution in [-0.4, -0.2) is 12.9 Å². The molecule has 0 aliphatic rings. The lowest BCUT2D eigenvalue weighted by Crippen LogP contribution is -1.96. The normalized spacial score (nSPS) is 13.6. The van der Waals surface area contributed by atoms with Gasteiger partial charge >= 0.3 is 6.80 Å². The van der Waals surface area contributed by atoms with Crippen molar-refractivity contribution in [1.29, 1.82) is 0 Å². The van der Waals surface area contributed by atoms with Gasteiger partial charge in [0.2, 0.25) is 0 Å². The molecule has 2 aromatic carbocycles. The fourth-order valence-corrected chi connectivity index (χ4v) is 6.73. The van der Waals surface area contributed by atoms with Crippen LogP contribution >= 0.6 is 41.5 Å². The molecule has 27 heavy (non-hydrogen) atoms. The number of hydrogen-bond donors (Lipinski definition) is 0. The summed E-state index contributed by atoms with van der Waals surface area (Å²) in [7, 11) is 1.44. The Labute approximate surface area is 175 Å². The van der Waals surface area contributed by atoms with Gasteiger partial charge in [0.25, 0.3) is 0 Å². The second kappa shape index (κ2) is 10.8. The first kappa shape index (κ1) is 22.7. The molecule has 1 unspecified atom stereocenters. The zero-order valence-electron chi connectivity index (χ0n) is 16.1. The highest BCUT2D eigenvalue weighted by molar-refractivity contribution is 8.55. The maximum atomic E-state index is 12.8. The minimum absolute atomic E-state index is 0.553. The quantitative estimate of drug-likeness (QED) is 0.347. The van der Waals surface area contributed by atoms with Crippen molar-refractivity contribution in [3.05, 3.63) is 53.1 Å². The highest BCUT2D eigenvalue weighted by atomic mass is 35.5. The average Bonchev–Trinajstić information content (AvgIpc) is 2.62. The van der Waals surface area contributed by atoms with Crippen LogP contribution in [0.15, 0.2) is 52.3 Å². The Kier molecular flexibility index (Phi) is 9.10. The van der Waals surface area contributed by atoms with Crippen molar-refractivity contribution in [3.8, 4) is 5.75 Å². The first-order chi connectivity index (χ1) is 12.8. The van der Waals surface area contributed by atoms with Crippen molar-refractivity contribution >= 4 is 41.5 Å². The van der Waals surface area contributed by atoms with Crippen LogP contribution in [0.4, 0.5) is 0 Å². The first-order valence-corrected chi connectivity index (χ1v) is 13.2. The van der Waals surface area contributed by atoms with E-state index in [0.29, 0.717) is 11.7 Å². The Morgan fingerprint density at radius 2 is 1.96 bits per heavy atom. The molecule has 0 saturated carbocycles. The van der Waals surface area contributed by atoms with Gasteiger partial charge in [-0.1, -0.05) is 50.2 Å². The van der Waals surface area contributed by atoms with Gasteiger partial charge in [-0.2, -0.15) is 0 Å². The second-order valence-corrected chi connectivity index (χ2v) is 12.2. The van der Waals surface area contributed by atoms with Crippen LogP contribution in [0, 0.1) is 5.92 Å². The lowest BCUT2D eigenvalue weighted by Gasteiger charge is -2.18. The maximum Gasteiger partial charge on any atom is 0.439 e. The molecule has 0 heterocycles. The van der Waals surface area contributed by atoms with Crippen LogP contribution in [0.25, 0.3) is 0 Å². The number of rotatable bonds is 10. The van der Waals surface area contributed by atoms with Gasteiger partial charge < -0.3 is 4.52 Å². The lowest BCUT2D eigenvalue weighted by molar-refractivity contribution is 0.341. The number of benzene rings is 2. The van der Waals surface area contributed by atoms with Crippen LogP contribution in [0.5, 0.6) is 5.75 Å². The van der Waals surface area contributed by atoms with Crippen LogP contribution in [0.1, 0.15) is 32.8 Å². The largest absolute Gasteiger partial charge is 0.439 e. The Morgan fingerprint density at radius 3 is 2.59 bits per heavy atom. The minimum Gasteiger partial charge on any atom is -0.417 e. The van der Waals surface area contributed by atoms with E-state index in [1.165, 1.54) is 18.5 Å². The molecule has 0 aliphatic heterocycles. The molecular weight excluding hydrogens is 419 g/mol. The molecule has 2 rings (SSSR count). The Bertz CT molecular complexity index is 799. The smallest absolute Gasteiger partial charge is 0.417 e. The molecule has 7 heteroatoms. The molecule has 0 amide bonds. The van der Waals surface area contributed by atoms with Gasteiger partial charge in [0.05, 0.1) is 0 Å². The van der Waals surface area contributed by atoms with Gasteiger partial charge in [0.1, 0.15) is 5.75 Å². The van der Waals surface area contributed by atoms with E-state index in [0.717, 1.165) is 39.0 Å². The van der Waals surface area contributed by atoms with Gasteiger partial charge in [-0.25, -0.2) is 4.57 Å². The SMILES string of the molecule is CCc1cc(OP(=O)(OC)SCCC(C)C)ccc1Sc1cccc(Cl)c1. The van der Waals surface area contributed by atoms with Crippen LogP contribution in [0.2, 0.25) is 5.02 Å². The second-order valence-electron chi connectivity index (χ2n) is 6.42. The van der Waals surface area contributed by atoms with E-state index < -0.39 is 6.80 Å². The van der Waals surface area contributed by atoms with E-state index in [4.69, 9.17) is 20.6 Å². The summed E-state index contributed by atoms with van der Waals surface area (Å²) >= 11 is 9.00. The Balaban J connectivity index is 2.13. The standard InChI is InChI=1S/C20H26ClO3PS2/c1-5-16-13-18(24-25(22,23-4)26-12-11-15(2)3)9-10-20(16)27-19-8-6-7-17(21)14-19/h6-10,13-15H,5,11-12H2,1-4H3.